The Balaban J connectivity index is 1.84. The Morgan fingerprint density at radius 1 is 1.12 bits per heavy atom. The monoisotopic (exact) mass is 353 g/mol. The van der Waals surface area contributed by atoms with E-state index in [0.29, 0.717) is 44.3 Å². The summed E-state index contributed by atoms with van der Waals surface area (Å²) >= 11 is 0. The first-order valence-electron chi connectivity index (χ1n) is 8.33. The summed E-state index contributed by atoms with van der Waals surface area (Å²) in [6, 6.07) is 7.02. The molecule has 7 nitrogen and oxygen atoms in total. The van der Waals surface area contributed by atoms with Gasteiger partial charge >= 0.3 is 0 Å². The van der Waals surface area contributed by atoms with Gasteiger partial charge in [0, 0.05) is 39.4 Å². The van der Waals surface area contributed by atoms with Gasteiger partial charge in [0.1, 0.15) is 18.5 Å². The zero-order valence-corrected chi connectivity index (χ0v) is 15.0. The molecule has 0 radical (unpaired) electrons. The van der Waals surface area contributed by atoms with Crippen molar-refractivity contribution in [3.63, 3.8) is 0 Å². The molecule has 1 N–H and O–H groups in total. The summed E-state index contributed by atoms with van der Waals surface area (Å²) in [5.74, 6) is 0.610. The van der Waals surface area contributed by atoms with Crippen molar-refractivity contribution in [1.82, 2.24) is 5.32 Å². The van der Waals surface area contributed by atoms with Gasteiger partial charge in [-0.05, 0) is 24.3 Å². The molecule has 0 aromatic heterocycles. The maximum absolute atomic E-state index is 12.3. The second-order valence-corrected chi connectivity index (χ2v) is 5.85. The number of hydrogen-bond donors (Lipinski definition) is 1. The first-order valence-corrected chi connectivity index (χ1v) is 8.33. The quantitative estimate of drug-likeness (QED) is 0.671. The molecule has 3 atom stereocenters. The van der Waals surface area contributed by atoms with Gasteiger partial charge in [-0.25, -0.2) is 0 Å². The van der Waals surface area contributed by atoms with E-state index in [-0.39, 0.29) is 24.0 Å². The fourth-order valence-corrected chi connectivity index (χ4v) is 2.82. The van der Waals surface area contributed by atoms with E-state index in [0.717, 1.165) is 0 Å². The fraction of sp³-hybridized carbons (Fsp3) is 0.611. The summed E-state index contributed by atoms with van der Waals surface area (Å²) in [5, 5.41) is 2.93. The average Bonchev–Trinajstić information content (AvgIpc) is 2.66. The average molecular weight is 353 g/mol. The summed E-state index contributed by atoms with van der Waals surface area (Å²) in [6.45, 7) is 2.50. The van der Waals surface area contributed by atoms with Gasteiger partial charge in [-0.2, -0.15) is 0 Å². The number of amides is 1. The van der Waals surface area contributed by atoms with Crippen LogP contribution in [0, 0.1) is 5.92 Å². The van der Waals surface area contributed by atoms with Gasteiger partial charge in [0.25, 0.3) is 5.91 Å². The lowest BCUT2D eigenvalue weighted by Crippen LogP contribution is -2.50. The van der Waals surface area contributed by atoms with E-state index in [1.807, 2.05) is 0 Å². The van der Waals surface area contributed by atoms with Gasteiger partial charge in [-0.1, -0.05) is 0 Å². The van der Waals surface area contributed by atoms with E-state index in [4.69, 9.17) is 23.7 Å². The van der Waals surface area contributed by atoms with Crippen LogP contribution >= 0.6 is 0 Å². The Morgan fingerprint density at radius 3 is 2.52 bits per heavy atom. The minimum atomic E-state index is -0.141. The van der Waals surface area contributed by atoms with Crippen molar-refractivity contribution in [1.29, 1.82) is 0 Å². The number of benzene rings is 1. The van der Waals surface area contributed by atoms with Crippen LogP contribution < -0.4 is 10.1 Å². The third-order valence-electron chi connectivity index (χ3n) is 4.22. The zero-order valence-electron chi connectivity index (χ0n) is 15.0. The van der Waals surface area contributed by atoms with Crippen molar-refractivity contribution >= 4 is 5.91 Å². The van der Waals surface area contributed by atoms with Crippen LogP contribution in [0.2, 0.25) is 0 Å². The van der Waals surface area contributed by atoms with E-state index < -0.39 is 0 Å². The summed E-state index contributed by atoms with van der Waals surface area (Å²) in [6.07, 6.45) is -0.222. The Kier molecular flexibility index (Phi) is 8.14. The van der Waals surface area contributed by atoms with Crippen LogP contribution in [0.15, 0.2) is 24.3 Å². The van der Waals surface area contributed by atoms with Crippen molar-refractivity contribution in [3.05, 3.63) is 29.8 Å². The van der Waals surface area contributed by atoms with Crippen molar-refractivity contribution < 1.29 is 28.5 Å². The molecule has 1 amide bonds. The molecule has 2 rings (SSSR count). The predicted octanol–water partition coefficient (Wildman–Crippen LogP) is 1.12. The molecular weight excluding hydrogens is 326 g/mol. The molecule has 0 bridgehead atoms. The minimum Gasteiger partial charge on any atom is -0.491 e. The van der Waals surface area contributed by atoms with Crippen molar-refractivity contribution in [2.75, 3.05) is 54.3 Å². The van der Waals surface area contributed by atoms with E-state index in [2.05, 4.69) is 5.32 Å². The number of carbonyl (C=O) groups is 1. The number of nitrogens with one attached hydrogen (secondary N) is 1. The molecule has 0 unspecified atom stereocenters. The molecule has 0 spiro atoms. The zero-order chi connectivity index (χ0) is 18.1. The Hall–Kier alpha value is -1.67. The molecule has 1 aromatic rings. The number of rotatable bonds is 9. The molecular formula is C18H27NO6. The molecule has 0 saturated carbocycles. The van der Waals surface area contributed by atoms with Gasteiger partial charge in [0.15, 0.2) is 0 Å². The fourth-order valence-electron chi connectivity index (χ4n) is 2.82. The smallest absolute Gasteiger partial charge is 0.251 e. The van der Waals surface area contributed by atoms with Gasteiger partial charge in [-0.15, -0.1) is 0 Å². The molecule has 1 aromatic carbocycles. The first-order chi connectivity index (χ1) is 12.2. The second-order valence-electron chi connectivity index (χ2n) is 5.85. The van der Waals surface area contributed by atoms with Crippen LogP contribution in [0.4, 0.5) is 0 Å². The summed E-state index contributed by atoms with van der Waals surface area (Å²) in [4.78, 5) is 12.3. The number of methoxy groups -OCH3 is 3. The molecule has 140 valence electrons. The normalized spacial score (nSPS) is 23.2. The van der Waals surface area contributed by atoms with Crippen molar-refractivity contribution in [2.24, 2.45) is 5.92 Å². The molecule has 1 saturated heterocycles. The molecule has 1 fully saturated rings. The molecule has 1 aliphatic heterocycles. The highest BCUT2D eigenvalue weighted by molar-refractivity contribution is 5.94. The number of carbonyl (C=O) groups excluding carboxylic acids is 1. The Morgan fingerprint density at radius 2 is 1.88 bits per heavy atom. The van der Waals surface area contributed by atoms with Crippen LogP contribution in [0.1, 0.15) is 10.4 Å². The molecule has 7 heteroatoms. The highest BCUT2D eigenvalue weighted by Crippen LogP contribution is 2.20. The predicted molar refractivity (Wildman–Crippen MR) is 92.0 cm³/mol. The molecule has 25 heavy (non-hydrogen) atoms. The second kappa shape index (κ2) is 10.4. The topological polar surface area (TPSA) is 75.3 Å². The largest absolute Gasteiger partial charge is 0.491 e. The van der Waals surface area contributed by atoms with Crippen molar-refractivity contribution in [2.45, 2.75) is 12.2 Å². The number of hydrogen-bond acceptors (Lipinski definition) is 6. The maximum atomic E-state index is 12.3. The van der Waals surface area contributed by atoms with Crippen LogP contribution in [-0.4, -0.2) is 72.4 Å². The third kappa shape index (κ3) is 5.67. The van der Waals surface area contributed by atoms with Gasteiger partial charge in [-0.3, -0.25) is 4.79 Å². The Bertz CT molecular complexity index is 521. The summed E-state index contributed by atoms with van der Waals surface area (Å²) < 4.78 is 26.9. The third-order valence-corrected chi connectivity index (χ3v) is 4.22. The number of ether oxygens (including phenoxy) is 5. The summed E-state index contributed by atoms with van der Waals surface area (Å²) in [7, 11) is 4.91. The highest BCUT2D eigenvalue weighted by Gasteiger charge is 2.34. The van der Waals surface area contributed by atoms with Crippen LogP contribution in [0.25, 0.3) is 0 Å². The minimum absolute atomic E-state index is 0.0456. The van der Waals surface area contributed by atoms with E-state index in [1.54, 1.807) is 45.6 Å². The SMILES string of the molecule is COCCOc1ccc(C(=O)NC[C@@H]2COC[C@@H](OC)[C@H]2OC)cc1. The first kappa shape index (κ1) is 19.7. The van der Waals surface area contributed by atoms with E-state index in [1.165, 1.54) is 0 Å². The highest BCUT2D eigenvalue weighted by atomic mass is 16.6. The lowest BCUT2D eigenvalue weighted by atomic mass is 9.96. The maximum Gasteiger partial charge on any atom is 0.251 e. The van der Waals surface area contributed by atoms with Crippen molar-refractivity contribution in [3.8, 4) is 5.75 Å². The Labute approximate surface area is 148 Å². The van der Waals surface area contributed by atoms with Crippen LogP contribution in [0.3, 0.4) is 0 Å². The standard InChI is InChI=1S/C18H27NO6/c1-21-8-9-25-15-6-4-13(5-7-15)18(20)19-10-14-11-24-12-16(22-2)17(14)23-3/h4-7,14,16-17H,8-12H2,1-3H3,(H,19,20)/t14-,16-,17+/m1/s1. The van der Waals surface area contributed by atoms with Gasteiger partial charge in [0.2, 0.25) is 0 Å². The molecule has 0 aliphatic carbocycles. The van der Waals surface area contributed by atoms with E-state index >= 15 is 0 Å². The van der Waals surface area contributed by atoms with Crippen LogP contribution in [-0.2, 0) is 18.9 Å². The van der Waals surface area contributed by atoms with Gasteiger partial charge < -0.3 is 29.0 Å². The van der Waals surface area contributed by atoms with Gasteiger partial charge in [0.05, 0.1) is 25.9 Å². The van der Waals surface area contributed by atoms with Crippen LogP contribution in [0.5, 0.6) is 5.75 Å². The lowest BCUT2D eigenvalue weighted by Gasteiger charge is -2.36. The molecule has 1 aliphatic rings. The lowest BCUT2D eigenvalue weighted by molar-refractivity contribution is -0.145. The summed E-state index contributed by atoms with van der Waals surface area (Å²) in [5.41, 5.74) is 0.577. The molecule has 1 heterocycles. The van der Waals surface area contributed by atoms with E-state index in [9.17, 15) is 4.79 Å².